The molecule has 0 aliphatic heterocycles. The molecule has 0 saturated heterocycles. The van der Waals surface area contributed by atoms with Crippen LogP contribution in [-0.2, 0) is 7.05 Å². The predicted molar refractivity (Wildman–Crippen MR) is 83.6 cm³/mol. The van der Waals surface area contributed by atoms with Crippen LogP contribution in [0.4, 0.5) is 4.39 Å². The predicted octanol–water partition coefficient (Wildman–Crippen LogP) is 0.620. The van der Waals surface area contributed by atoms with Crippen molar-refractivity contribution in [2.75, 3.05) is 0 Å². The standard InChI is InChI=1S/C15H11FN4O3/c1-20-12-11(14(22)19-15(20)23)17-10(13(21)18-12)7-6-8-4-2-3-5-9(8)16/h2-7H,1H3,(H,18,21)(H,19,22,23)/b7-6+. The van der Waals surface area contributed by atoms with Crippen molar-refractivity contribution in [2.24, 2.45) is 7.05 Å². The molecule has 2 N–H and O–H groups in total. The maximum absolute atomic E-state index is 13.6. The maximum atomic E-state index is 13.6. The van der Waals surface area contributed by atoms with E-state index in [2.05, 4.69) is 15.0 Å². The van der Waals surface area contributed by atoms with Crippen LogP contribution in [0.3, 0.4) is 0 Å². The highest BCUT2D eigenvalue weighted by molar-refractivity contribution is 5.73. The number of aromatic nitrogens is 4. The third-order valence-electron chi connectivity index (χ3n) is 3.32. The second-order valence-corrected chi connectivity index (χ2v) is 4.82. The number of benzene rings is 1. The van der Waals surface area contributed by atoms with Gasteiger partial charge in [0.15, 0.2) is 5.52 Å². The van der Waals surface area contributed by atoms with Gasteiger partial charge in [-0.2, -0.15) is 0 Å². The monoisotopic (exact) mass is 314 g/mol. The molecule has 2 heterocycles. The minimum atomic E-state index is -0.708. The quantitative estimate of drug-likeness (QED) is 0.724. The summed E-state index contributed by atoms with van der Waals surface area (Å²) in [7, 11) is 1.40. The molecule has 0 aliphatic rings. The fourth-order valence-electron chi connectivity index (χ4n) is 2.09. The topological polar surface area (TPSA) is 101 Å². The van der Waals surface area contributed by atoms with Crippen LogP contribution < -0.4 is 16.8 Å². The second-order valence-electron chi connectivity index (χ2n) is 4.82. The molecule has 23 heavy (non-hydrogen) atoms. The van der Waals surface area contributed by atoms with E-state index in [0.29, 0.717) is 0 Å². The fourth-order valence-corrected chi connectivity index (χ4v) is 2.09. The summed E-state index contributed by atoms with van der Waals surface area (Å²) in [5.74, 6) is -0.443. The first kappa shape index (κ1) is 14.6. The number of halogens is 1. The Kier molecular flexibility index (Phi) is 3.49. The number of H-pyrrole nitrogens is 2. The number of aromatic amines is 2. The van der Waals surface area contributed by atoms with Crippen LogP contribution in [-0.4, -0.2) is 19.5 Å². The van der Waals surface area contributed by atoms with E-state index < -0.39 is 22.6 Å². The number of fused-ring (bicyclic) bond motifs is 1. The first-order valence-electron chi connectivity index (χ1n) is 6.63. The van der Waals surface area contributed by atoms with E-state index in [1.807, 2.05) is 0 Å². The van der Waals surface area contributed by atoms with Gasteiger partial charge in [0.2, 0.25) is 0 Å². The summed E-state index contributed by atoms with van der Waals surface area (Å²) in [6.45, 7) is 0. The Bertz CT molecular complexity index is 1110. The SMILES string of the molecule is Cn1c(=O)[nH]c(=O)c2nc(/C=C/c3ccccc3F)c(=O)[nH]c21. The molecule has 0 unspecified atom stereocenters. The third-order valence-corrected chi connectivity index (χ3v) is 3.32. The molecule has 0 amide bonds. The van der Waals surface area contributed by atoms with E-state index in [-0.39, 0.29) is 22.4 Å². The van der Waals surface area contributed by atoms with Crippen molar-refractivity contribution in [3.63, 3.8) is 0 Å². The average Bonchev–Trinajstić information content (AvgIpc) is 2.52. The van der Waals surface area contributed by atoms with E-state index in [1.165, 1.54) is 31.3 Å². The largest absolute Gasteiger partial charge is 0.329 e. The van der Waals surface area contributed by atoms with Crippen molar-refractivity contribution in [1.29, 1.82) is 0 Å². The van der Waals surface area contributed by atoms with E-state index in [9.17, 15) is 18.8 Å². The van der Waals surface area contributed by atoms with E-state index >= 15 is 0 Å². The molecule has 1 aromatic carbocycles. The van der Waals surface area contributed by atoms with Crippen molar-refractivity contribution in [1.82, 2.24) is 19.5 Å². The zero-order chi connectivity index (χ0) is 16.6. The third kappa shape index (κ3) is 2.61. The first-order valence-corrected chi connectivity index (χ1v) is 6.63. The highest BCUT2D eigenvalue weighted by Crippen LogP contribution is 2.10. The zero-order valence-electron chi connectivity index (χ0n) is 12.0. The van der Waals surface area contributed by atoms with Crippen LogP contribution in [0.25, 0.3) is 23.3 Å². The summed E-state index contributed by atoms with van der Waals surface area (Å²) in [4.78, 5) is 43.8. The lowest BCUT2D eigenvalue weighted by Crippen LogP contribution is -2.31. The van der Waals surface area contributed by atoms with E-state index in [4.69, 9.17) is 0 Å². The fraction of sp³-hybridized carbons (Fsp3) is 0.0667. The molecule has 0 atom stereocenters. The Morgan fingerprint density at radius 3 is 2.57 bits per heavy atom. The molecule has 0 spiro atoms. The van der Waals surface area contributed by atoms with Crippen molar-refractivity contribution >= 4 is 23.3 Å². The molecule has 2 aromatic heterocycles. The molecular formula is C15H11FN4O3. The van der Waals surface area contributed by atoms with Crippen molar-refractivity contribution in [3.05, 3.63) is 72.5 Å². The summed E-state index contributed by atoms with van der Waals surface area (Å²) in [6.07, 6.45) is 2.69. The van der Waals surface area contributed by atoms with Gasteiger partial charge in [-0.25, -0.2) is 14.2 Å². The van der Waals surface area contributed by atoms with Gasteiger partial charge in [0.1, 0.15) is 17.2 Å². The van der Waals surface area contributed by atoms with E-state index in [0.717, 1.165) is 4.57 Å². The first-order chi connectivity index (χ1) is 11.0. The maximum Gasteiger partial charge on any atom is 0.329 e. The van der Waals surface area contributed by atoms with Gasteiger partial charge >= 0.3 is 5.69 Å². The minimum absolute atomic E-state index is 0.0202. The highest BCUT2D eigenvalue weighted by atomic mass is 19.1. The van der Waals surface area contributed by atoms with Gasteiger partial charge in [-0.05, 0) is 18.2 Å². The van der Waals surface area contributed by atoms with Crippen molar-refractivity contribution in [3.8, 4) is 0 Å². The molecule has 7 nitrogen and oxygen atoms in total. The van der Waals surface area contributed by atoms with Gasteiger partial charge in [-0.1, -0.05) is 18.2 Å². The van der Waals surface area contributed by atoms with Crippen LogP contribution in [0.2, 0.25) is 0 Å². The van der Waals surface area contributed by atoms with Gasteiger partial charge in [0.25, 0.3) is 11.1 Å². The van der Waals surface area contributed by atoms with Gasteiger partial charge in [0, 0.05) is 12.6 Å². The number of hydrogen-bond acceptors (Lipinski definition) is 4. The van der Waals surface area contributed by atoms with E-state index in [1.54, 1.807) is 12.1 Å². The molecule has 116 valence electrons. The highest BCUT2D eigenvalue weighted by Gasteiger charge is 2.09. The summed E-state index contributed by atoms with van der Waals surface area (Å²) >= 11 is 0. The Morgan fingerprint density at radius 1 is 1.09 bits per heavy atom. The Morgan fingerprint density at radius 2 is 1.83 bits per heavy atom. The number of rotatable bonds is 2. The molecule has 0 radical (unpaired) electrons. The van der Waals surface area contributed by atoms with Crippen LogP contribution in [0.1, 0.15) is 11.3 Å². The van der Waals surface area contributed by atoms with Crippen LogP contribution >= 0.6 is 0 Å². The number of aryl methyl sites for hydroxylation is 1. The molecule has 3 rings (SSSR count). The summed E-state index contributed by atoms with van der Waals surface area (Å²) in [5.41, 5.74) is -1.81. The number of nitrogens with one attached hydrogen (secondary N) is 2. The number of nitrogens with zero attached hydrogens (tertiary/aromatic N) is 2. The minimum Gasteiger partial charge on any atom is -0.305 e. The Hall–Kier alpha value is -3.29. The summed E-state index contributed by atoms with van der Waals surface area (Å²) in [5, 5.41) is 0. The van der Waals surface area contributed by atoms with Crippen LogP contribution in [0.15, 0.2) is 38.6 Å². The van der Waals surface area contributed by atoms with Crippen molar-refractivity contribution in [2.45, 2.75) is 0 Å². The molecular weight excluding hydrogens is 303 g/mol. The molecule has 3 aromatic rings. The molecule has 8 heteroatoms. The summed E-state index contributed by atoms with van der Waals surface area (Å²) < 4.78 is 14.6. The van der Waals surface area contributed by atoms with Gasteiger partial charge in [-0.3, -0.25) is 19.1 Å². The smallest absolute Gasteiger partial charge is 0.305 e. The summed E-state index contributed by atoms with van der Waals surface area (Å²) in [6, 6.07) is 6.03. The molecule has 0 bridgehead atoms. The molecule has 0 saturated carbocycles. The van der Waals surface area contributed by atoms with Gasteiger partial charge in [-0.15, -0.1) is 0 Å². The van der Waals surface area contributed by atoms with Crippen LogP contribution in [0, 0.1) is 5.82 Å². The molecule has 0 fully saturated rings. The van der Waals surface area contributed by atoms with Crippen LogP contribution in [0.5, 0.6) is 0 Å². The lowest BCUT2D eigenvalue weighted by molar-refractivity contribution is 0.625. The Balaban J connectivity index is 2.18. The Labute approximate surface area is 127 Å². The average molecular weight is 314 g/mol. The lowest BCUT2D eigenvalue weighted by Gasteiger charge is -2.03. The normalized spacial score (nSPS) is 11.4. The lowest BCUT2D eigenvalue weighted by atomic mass is 10.2. The zero-order valence-corrected chi connectivity index (χ0v) is 12.0. The molecule has 0 aliphatic carbocycles. The second kappa shape index (κ2) is 5.48. The van der Waals surface area contributed by atoms with Gasteiger partial charge < -0.3 is 4.98 Å². The number of hydrogen-bond donors (Lipinski definition) is 2. The van der Waals surface area contributed by atoms with Gasteiger partial charge in [0.05, 0.1) is 0 Å². The van der Waals surface area contributed by atoms with Crippen molar-refractivity contribution < 1.29 is 4.39 Å².